The van der Waals surface area contributed by atoms with Gasteiger partial charge in [-0.2, -0.15) is 0 Å². The fraction of sp³-hybridized carbons (Fsp3) is 0.250. The zero-order valence-corrected chi connectivity index (χ0v) is 12.5. The number of ether oxygens (including phenoxy) is 1. The van der Waals surface area contributed by atoms with E-state index in [0.717, 1.165) is 16.9 Å². The number of hydrogen-bond donors (Lipinski definition) is 0. The van der Waals surface area contributed by atoms with Crippen LogP contribution < -0.4 is 4.74 Å². The van der Waals surface area contributed by atoms with E-state index in [2.05, 4.69) is 4.98 Å². The fourth-order valence-corrected chi connectivity index (χ4v) is 3.56. The van der Waals surface area contributed by atoms with Crippen LogP contribution in [-0.2, 0) is 11.3 Å². The Morgan fingerprint density at radius 3 is 3.05 bits per heavy atom. The molecule has 0 bridgehead atoms. The number of nitrogens with zero attached hydrogens (tertiary/aromatic N) is 2. The Hall–Kier alpha value is -2.01. The zero-order chi connectivity index (χ0) is 14.7. The van der Waals surface area contributed by atoms with Gasteiger partial charge in [0.05, 0.1) is 12.9 Å². The highest BCUT2D eigenvalue weighted by molar-refractivity contribution is 8.00. The van der Waals surface area contributed by atoms with Gasteiger partial charge < -0.3 is 9.64 Å². The minimum absolute atomic E-state index is 0.0350. The van der Waals surface area contributed by atoms with E-state index in [-0.39, 0.29) is 11.3 Å². The maximum Gasteiger partial charge on any atom is 0.234 e. The summed E-state index contributed by atoms with van der Waals surface area (Å²) in [5, 5.41) is 0.0350. The van der Waals surface area contributed by atoms with Crippen LogP contribution in [0.15, 0.2) is 48.8 Å². The number of methoxy groups -OCH3 is 1. The van der Waals surface area contributed by atoms with Crippen LogP contribution in [0.3, 0.4) is 0 Å². The Balaban J connectivity index is 1.85. The van der Waals surface area contributed by atoms with Gasteiger partial charge in [-0.1, -0.05) is 18.2 Å². The number of amides is 1. The van der Waals surface area contributed by atoms with Crippen LogP contribution >= 0.6 is 11.8 Å². The number of thioether (sulfide) groups is 1. The number of aromatic nitrogens is 1. The van der Waals surface area contributed by atoms with Crippen LogP contribution in [0.2, 0.25) is 0 Å². The van der Waals surface area contributed by atoms with Crippen LogP contribution in [0, 0.1) is 0 Å². The largest absolute Gasteiger partial charge is 0.497 e. The number of carbonyl (C=O) groups excluding carboxylic acids is 1. The lowest BCUT2D eigenvalue weighted by Gasteiger charge is -2.24. The molecule has 1 atom stereocenters. The molecule has 0 radical (unpaired) electrons. The van der Waals surface area contributed by atoms with Gasteiger partial charge in [0.15, 0.2) is 0 Å². The summed E-state index contributed by atoms with van der Waals surface area (Å²) < 4.78 is 5.27. The predicted octanol–water partition coefficient (Wildman–Crippen LogP) is 2.86. The summed E-state index contributed by atoms with van der Waals surface area (Å²) in [4.78, 5) is 18.2. The summed E-state index contributed by atoms with van der Waals surface area (Å²) in [5.74, 6) is 1.49. The third-order valence-electron chi connectivity index (χ3n) is 3.42. The van der Waals surface area contributed by atoms with Crippen LogP contribution in [0.4, 0.5) is 0 Å². The highest BCUT2D eigenvalue weighted by Crippen LogP contribution is 2.40. The number of carbonyl (C=O) groups is 1. The van der Waals surface area contributed by atoms with E-state index in [4.69, 9.17) is 4.74 Å². The van der Waals surface area contributed by atoms with E-state index < -0.39 is 0 Å². The minimum Gasteiger partial charge on any atom is -0.497 e. The van der Waals surface area contributed by atoms with Crippen molar-refractivity contribution in [2.45, 2.75) is 11.9 Å². The zero-order valence-electron chi connectivity index (χ0n) is 11.7. The summed E-state index contributed by atoms with van der Waals surface area (Å²) in [7, 11) is 1.65. The summed E-state index contributed by atoms with van der Waals surface area (Å²) in [6, 6.07) is 11.8. The van der Waals surface area contributed by atoms with Crippen molar-refractivity contribution in [2.24, 2.45) is 0 Å². The highest BCUT2D eigenvalue weighted by atomic mass is 32.2. The lowest BCUT2D eigenvalue weighted by molar-refractivity contribution is -0.128. The lowest BCUT2D eigenvalue weighted by Crippen LogP contribution is -2.27. The van der Waals surface area contributed by atoms with E-state index in [1.54, 1.807) is 31.3 Å². The van der Waals surface area contributed by atoms with Crippen LogP contribution in [-0.4, -0.2) is 28.7 Å². The Morgan fingerprint density at radius 2 is 2.29 bits per heavy atom. The topological polar surface area (TPSA) is 42.4 Å². The Bertz CT molecular complexity index is 633. The maximum absolute atomic E-state index is 12.2. The molecule has 1 aliphatic rings. The molecule has 0 N–H and O–H groups in total. The average Bonchev–Trinajstić information content (AvgIpc) is 2.89. The second-order valence-corrected chi connectivity index (χ2v) is 5.89. The first-order chi connectivity index (χ1) is 10.3. The van der Waals surface area contributed by atoms with Gasteiger partial charge in [0.1, 0.15) is 11.1 Å². The second-order valence-electron chi connectivity index (χ2n) is 4.82. The molecule has 3 rings (SSSR count). The molecule has 21 heavy (non-hydrogen) atoms. The molecule has 1 aromatic carbocycles. The molecule has 0 spiro atoms. The van der Waals surface area contributed by atoms with Crippen LogP contribution in [0.5, 0.6) is 5.75 Å². The number of hydrogen-bond acceptors (Lipinski definition) is 4. The van der Waals surface area contributed by atoms with Crippen molar-refractivity contribution in [3.8, 4) is 5.75 Å². The van der Waals surface area contributed by atoms with E-state index in [1.165, 1.54) is 0 Å². The molecule has 5 heteroatoms. The van der Waals surface area contributed by atoms with Gasteiger partial charge in [0.2, 0.25) is 5.91 Å². The van der Waals surface area contributed by atoms with Crippen LogP contribution in [0.1, 0.15) is 16.5 Å². The molecule has 1 aliphatic heterocycles. The summed E-state index contributed by atoms with van der Waals surface area (Å²) in [6.45, 7) is 0.585. The first-order valence-corrected chi connectivity index (χ1v) is 7.77. The lowest BCUT2D eigenvalue weighted by atomic mass is 10.1. The second kappa shape index (κ2) is 6.18. The quantitative estimate of drug-likeness (QED) is 0.871. The molecule has 0 aliphatic carbocycles. The number of benzene rings is 1. The van der Waals surface area contributed by atoms with E-state index in [9.17, 15) is 4.79 Å². The number of pyridine rings is 1. The maximum atomic E-state index is 12.2. The minimum atomic E-state index is 0.0350. The first-order valence-electron chi connectivity index (χ1n) is 6.72. The highest BCUT2D eigenvalue weighted by Gasteiger charge is 2.32. The van der Waals surface area contributed by atoms with Gasteiger partial charge >= 0.3 is 0 Å². The molecule has 2 aromatic rings. The monoisotopic (exact) mass is 300 g/mol. The average molecular weight is 300 g/mol. The molecule has 1 unspecified atom stereocenters. The molecule has 1 amide bonds. The summed E-state index contributed by atoms with van der Waals surface area (Å²) >= 11 is 1.65. The van der Waals surface area contributed by atoms with Crippen molar-refractivity contribution in [1.82, 2.24) is 9.88 Å². The molecule has 1 saturated heterocycles. The van der Waals surface area contributed by atoms with Crippen molar-refractivity contribution in [3.63, 3.8) is 0 Å². The molecule has 1 aromatic heterocycles. The summed E-state index contributed by atoms with van der Waals surface area (Å²) in [5.41, 5.74) is 2.13. The third-order valence-corrected chi connectivity index (χ3v) is 4.68. The Labute approximate surface area is 128 Å². The summed E-state index contributed by atoms with van der Waals surface area (Å²) in [6.07, 6.45) is 3.54. The SMILES string of the molecule is COc1cccc(C2SCC(=O)N2Cc2cccnc2)c1. The molecular formula is C16H16N2O2S. The molecule has 1 fully saturated rings. The standard InChI is InChI=1S/C16H16N2O2S/c1-20-14-6-2-5-13(8-14)16-18(15(19)11-21-16)10-12-4-3-7-17-9-12/h2-9,16H,10-11H2,1H3. The van der Waals surface area contributed by atoms with Gasteiger partial charge in [-0.25, -0.2) is 0 Å². The molecule has 2 heterocycles. The molecule has 4 nitrogen and oxygen atoms in total. The predicted molar refractivity (Wildman–Crippen MR) is 83.0 cm³/mol. The van der Waals surface area contributed by atoms with Gasteiger partial charge in [-0.3, -0.25) is 9.78 Å². The van der Waals surface area contributed by atoms with Crippen LogP contribution in [0.25, 0.3) is 0 Å². The van der Waals surface area contributed by atoms with Crippen molar-refractivity contribution < 1.29 is 9.53 Å². The smallest absolute Gasteiger partial charge is 0.234 e. The van der Waals surface area contributed by atoms with Gasteiger partial charge in [-0.15, -0.1) is 11.8 Å². The van der Waals surface area contributed by atoms with E-state index >= 15 is 0 Å². The Kier molecular flexibility index (Phi) is 4.10. The molecule has 108 valence electrons. The molecule has 0 saturated carbocycles. The Morgan fingerprint density at radius 1 is 1.38 bits per heavy atom. The van der Waals surface area contributed by atoms with Gasteiger partial charge in [0.25, 0.3) is 0 Å². The van der Waals surface area contributed by atoms with Gasteiger partial charge in [0, 0.05) is 18.9 Å². The number of rotatable bonds is 4. The first kappa shape index (κ1) is 13.9. The fourth-order valence-electron chi connectivity index (χ4n) is 2.38. The van der Waals surface area contributed by atoms with E-state index in [0.29, 0.717) is 12.3 Å². The van der Waals surface area contributed by atoms with Crippen molar-refractivity contribution in [1.29, 1.82) is 0 Å². The third kappa shape index (κ3) is 3.03. The van der Waals surface area contributed by atoms with Crippen molar-refractivity contribution in [2.75, 3.05) is 12.9 Å². The van der Waals surface area contributed by atoms with E-state index in [1.807, 2.05) is 41.3 Å². The normalized spacial score (nSPS) is 18.0. The van der Waals surface area contributed by atoms with Crippen molar-refractivity contribution in [3.05, 3.63) is 59.9 Å². The molecular weight excluding hydrogens is 284 g/mol. The van der Waals surface area contributed by atoms with Gasteiger partial charge in [-0.05, 0) is 29.3 Å². The van der Waals surface area contributed by atoms with Crippen molar-refractivity contribution >= 4 is 17.7 Å².